The summed E-state index contributed by atoms with van der Waals surface area (Å²) in [5.41, 5.74) is 0. The second-order valence-corrected chi connectivity index (χ2v) is 5.07. The van der Waals surface area contributed by atoms with E-state index in [1.54, 1.807) is 17.3 Å². The largest absolute Gasteiger partial charge is 0.379 e. The van der Waals surface area contributed by atoms with Crippen molar-refractivity contribution in [2.75, 3.05) is 39.9 Å². The molecule has 1 saturated heterocycles. The maximum absolute atomic E-state index is 12.0. The molecule has 1 fully saturated rings. The highest BCUT2D eigenvalue weighted by Crippen LogP contribution is 2.05. The van der Waals surface area contributed by atoms with E-state index in [1.165, 1.54) is 0 Å². The topological polar surface area (TPSA) is 73.5 Å². The van der Waals surface area contributed by atoms with Gasteiger partial charge in [0.25, 0.3) is 0 Å². The molecule has 7 heteroatoms. The second kappa shape index (κ2) is 7.25. The van der Waals surface area contributed by atoms with Gasteiger partial charge < -0.3 is 19.9 Å². The van der Waals surface area contributed by atoms with Crippen LogP contribution in [0.2, 0.25) is 0 Å². The van der Waals surface area contributed by atoms with E-state index in [2.05, 4.69) is 27.1 Å². The molecule has 1 aromatic rings. The van der Waals surface area contributed by atoms with Gasteiger partial charge in [-0.1, -0.05) is 0 Å². The average Bonchev–Trinajstić information content (AvgIpc) is 2.98. The van der Waals surface area contributed by atoms with Gasteiger partial charge in [-0.25, -0.2) is 9.78 Å². The highest BCUT2D eigenvalue weighted by molar-refractivity contribution is 5.73. The maximum Gasteiger partial charge on any atom is 0.317 e. The van der Waals surface area contributed by atoms with Crippen molar-refractivity contribution in [3.8, 4) is 0 Å². The van der Waals surface area contributed by atoms with Crippen molar-refractivity contribution in [1.82, 2.24) is 25.1 Å². The van der Waals surface area contributed by atoms with E-state index in [4.69, 9.17) is 4.74 Å². The molecule has 2 heterocycles. The SMILES string of the molecule is CC(CN(C)C(=O)NCc1ncc[nH]1)N1CCOCC1. The molecule has 20 heavy (non-hydrogen) atoms. The number of H-pyrrole nitrogens is 1. The molecular weight excluding hydrogens is 258 g/mol. The predicted octanol–water partition coefficient (Wildman–Crippen LogP) is 0.272. The summed E-state index contributed by atoms with van der Waals surface area (Å²) in [7, 11) is 1.81. The lowest BCUT2D eigenvalue weighted by molar-refractivity contribution is 0.0161. The molecule has 112 valence electrons. The number of ether oxygens (including phenoxy) is 1. The van der Waals surface area contributed by atoms with Crippen molar-refractivity contribution in [1.29, 1.82) is 0 Å². The van der Waals surface area contributed by atoms with Crippen LogP contribution in [0.15, 0.2) is 12.4 Å². The van der Waals surface area contributed by atoms with Gasteiger partial charge in [0.2, 0.25) is 0 Å². The predicted molar refractivity (Wildman–Crippen MR) is 75.3 cm³/mol. The van der Waals surface area contributed by atoms with Gasteiger partial charge in [-0.05, 0) is 6.92 Å². The van der Waals surface area contributed by atoms with Crippen molar-refractivity contribution < 1.29 is 9.53 Å². The first-order valence-corrected chi connectivity index (χ1v) is 6.96. The number of carbonyl (C=O) groups excluding carboxylic acids is 1. The van der Waals surface area contributed by atoms with E-state index in [0.29, 0.717) is 19.1 Å². The molecule has 0 aromatic carbocycles. The van der Waals surface area contributed by atoms with Crippen LogP contribution in [0, 0.1) is 0 Å². The van der Waals surface area contributed by atoms with E-state index in [1.807, 2.05) is 7.05 Å². The molecule has 1 aromatic heterocycles. The number of urea groups is 1. The standard InChI is InChI=1S/C13H23N5O2/c1-11(18-5-7-20-8-6-18)10-17(2)13(19)16-9-12-14-3-4-15-12/h3-4,11H,5-10H2,1-2H3,(H,14,15)(H,16,19). The molecule has 0 bridgehead atoms. The summed E-state index contributed by atoms with van der Waals surface area (Å²) < 4.78 is 5.34. The minimum atomic E-state index is -0.0819. The molecular formula is C13H23N5O2. The molecule has 2 amide bonds. The number of nitrogens with zero attached hydrogens (tertiary/aromatic N) is 3. The number of amides is 2. The normalized spacial score (nSPS) is 17.7. The smallest absolute Gasteiger partial charge is 0.317 e. The van der Waals surface area contributed by atoms with Crippen LogP contribution in [0.3, 0.4) is 0 Å². The fourth-order valence-electron chi connectivity index (χ4n) is 2.30. The second-order valence-electron chi connectivity index (χ2n) is 5.07. The Morgan fingerprint density at radius 1 is 1.60 bits per heavy atom. The van der Waals surface area contributed by atoms with Gasteiger partial charge in [-0.15, -0.1) is 0 Å². The molecule has 0 saturated carbocycles. The molecule has 7 nitrogen and oxygen atoms in total. The minimum Gasteiger partial charge on any atom is -0.379 e. The van der Waals surface area contributed by atoms with E-state index in [-0.39, 0.29) is 6.03 Å². The first-order chi connectivity index (χ1) is 9.66. The Balaban J connectivity index is 1.72. The molecule has 1 aliphatic rings. The highest BCUT2D eigenvalue weighted by Gasteiger charge is 2.20. The number of hydrogen-bond acceptors (Lipinski definition) is 4. The Kier molecular flexibility index (Phi) is 5.37. The Morgan fingerprint density at radius 2 is 2.35 bits per heavy atom. The van der Waals surface area contributed by atoms with Gasteiger partial charge in [0.15, 0.2) is 0 Å². The van der Waals surface area contributed by atoms with Gasteiger partial charge in [0.1, 0.15) is 5.82 Å². The van der Waals surface area contributed by atoms with Crippen LogP contribution in [-0.4, -0.2) is 71.7 Å². The van der Waals surface area contributed by atoms with Crippen molar-refractivity contribution in [2.24, 2.45) is 0 Å². The molecule has 0 radical (unpaired) electrons. The number of carbonyl (C=O) groups is 1. The van der Waals surface area contributed by atoms with E-state index >= 15 is 0 Å². The maximum atomic E-state index is 12.0. The van der Waals surface area contributed by atoms with E-state index in [0.717, 1.165) is 32.1 Å². The average molecular weight is 281 g/mol. The Hall–Kier alpha value is -1.60. The summed E-state index contributed by atoms with van der Waals surface area (Å²) in [6, 6.07) is 0.250. The van der Waals surface area contributed by atoms with Gasteiger partial charge in [0, 0.05) is 45.1 Å². The number of morpholine rings is 1. The van der Waals surface area contributed by atoms with Crippen molar-refractivity contribution in [2.45, 2.75) is 19.5 Å². The summed E-state index contributed by atoms with van der Waals surface area (Å²) in [5.74, 6) is 0.757. The molecule has 2 N–H and O–H groups in total. The number of nitrogens with one attached hydrogen (secondary N) is 2. The first-order valence-electron chi connectivity index (χ1n) is 6.96. The summed E-state index contributed by atoms with van der Waals surface area (Å²) in [6.07, 6.45) is 3.41. The van der Waals surface area contributed by atoms with Gasteiger partial charge in [0.05, 0.1) is 19.8 Å². The number of likely N-dealkylation sites (N-methyl/N-ethyl adjacent to an activating group) is 1. The van der Waals surface area contributed by atoms with Gasteiger partial charge >= 0.3 is 6.03 Å². The van der Waals surface area contributed by atoms with E-state index in [9.17, 15) is 4.79 Å². The first kappa shape index (κ1) is 14.8. The fourth-order valence-corrected chi connectivity index (χ4v) is 2.30. The highest BCUT2D eigenvalue weighted by atomic mass is 16.5. The number of rotatable bonds is 5. The van der Waals surface area contributed by atoms with Crippen molar-refractivity contribution in [3.63, 3.8) is 0 Å². The van der Waals surface area contributed by atoms with Crippen molar-refractivity contribution in [3.05, 3.63) is 18.2 Å². The zero-order valence-corrected chi connectivity index (χ0v) is 12.1. The van der Waals surface area contributed by atoms with Crippen LogP contribution in [0.5, 0.6) is 0 Å². The summed E-state index contributed by atoms with van der Waals surface area (Å²) in [5, 5.41) is 2.84. The van der Waals surface area contributed by atoms with Gasteiger partial charge in [-0.3, -0.25) is 4.90 Å². The quantitative estimate of drug-likeness (QED) is 0.812. The van der Waals surface area contributed by atoms with Crippen LogP contribution in [0.25, 0.3) is 0 Å². The number of imidazole rings is 1. The van der Waals surface area contributed by atoms with Crippen LogP contribution < -0.4 is 5.32 Å². The lowest BCUT2D eigenvalue weighted by Gasteiger charge is -2.34. The van der Waals surface area contributed by atoms with Crippen LogP contribution in [-0.2, 0) is 11.3 Å². The molecule has 1 unspecified atom stereocenters. The third-order valence-corrected chi connectivity index (χ3v) is 3.52. The Morgan fingerprint density at radius 3 is 3.00 bits per heavy atom. The third-order valence-electron chi connectivity index (χ3n) is 3.52. The van der Waals surface area contributed by atoms with Gasteiger partial charge in [-0.2, -0.15) is 0 Å². The lowest BCUT2D eigenvalue weighted by Crippen LogP contribution is -2.49. The Labute approximate surface area is 119 Å². The number of aromatic nitrogens is 2. The number of hydrogen-bond donors (Lipinski definition) is 2. The minimum absolute atomic E-state index is 0.0819. The summed E-state index contributed by atoms with van der Waals surface area (Å²) in [6.45, 7) is 6.68. The number of aromatic amines is 1. The van der Waals surface area contributed by atoms with Crippen LogP contribution >= 0.6 is 0 Å². The fraction of sp³-hybridized carbons (Fsp3) is 0.692. The monoisotopic (exact) mass is 281 g/mol. The zero-order chi connectivity index (χ0) is 14.4. The third kappa shape index (κ3) is 4.21. The molecule has 0 aliphatic carbocycles. The summed E-state index contributed by atoms with van der Waals surface area (Å²) in [4.78, 5) is 23.1. The molecule has 0 spiro atoms. The van der Waals surface area contributed by atoms with Crippen molar-refractivity contribution >= 4 is 6.03 Å². The molecule has 1 atom stereocenters. The van der Waals surface area contributed by atoms with Crippen LogP contribution in [0.1, 0.15) is 12.7 Å². The lowest BCUT2D eigenvalue weighted by atomic mass is 10.2. The molecule has 2 rings (SSSR count). The summed E-state index contributed by atoms with van der Waals surface area (Å²) >= 11 is 0. The van der Waals surface area contributed by atoms with E-state index < -0.39 is 0 Å². The Bertz CT molecular complexity index is 403. The molecule has 1 aliphatic heterocycles. The van der Waals surface area contributed by atoms with Crippen LogP contribution in [0.4, 0.5) is 4.79 Å². The zero-order valence-electron chi connectivity index (χ0n) is 12.1.